The standard InChI is InChI=1S/C22H27N3O2.C21H25N3O3.C20H23N3O3.CH5N.CH4.K.H2O/c1-7-19(26)15-9-8-14(2)16(12-15)17-10-11-18-20(23-17)24(6)21(27)25(18)13-22(3,4)5;1-13-7-8-14(19(25)27-6)11-15(13)16-9-10-17-18(22-16)23(5)20(26)24(17)12-21(2,3)4;1-12-6-7-13(18(24)25)10-14(12)15-8-9-16-17(21-15)22(5)19(26)23(16)11-20(2,3)4;1-2;;;/h8-12H,7,13H2,1-6H3;7-11H,12H2,1-6H3;6-10H,11H2,1-5H3,(H,24,25);2H2,1H3;1H4;;1H2/q;;;;;+1;/p-1. The number of fused-ring (bicyclic) bond motifs is 3. The summed E-state index contributed by atoms with van der Waals surface area (Å²) in [6.07, 6.45) is 0.471. The fraction of sp³-hybridized carbons (Fsp3) is 0.400. The van der Waals surface area contributed by atoms with Gasteiger partial charge in [0, 0.05) is 69.5 Å². The van der Waals surface area contributed by atoms with Crippen molar-refractivity contribution in [2.24, 2.45) is 43.1 Å². The van der Waals surface area contributed by atoms with Gasteiger partial charge in [0.2, 0.25) is 0 Å². The molecule has 9 rings (SSSR count). The molecule has 0 saturated heterocycles. The molecule has 0 aliphatic carbocycles. The van der Waals surface area contributed by atoms with Crippen LogP contribution in [0.25, 0.3) is 67.3 Å². The molecule has 0 amide bonds. The monoisotopic (exact) mass is 1190 g/mol. The van der Waals surface area contributed by atoms with Gasteiger partial charge in [0.05, 0.1) is 51.9 Å². The second-order valence-electron chi connectivity index (χ2n) is 24.2. The van der Waals surface area contributed by atoms with Crippen molar-refractivity contribution in [3.63, 3.8) is 0 Å². The Kier molecular flexibility index (Phi) is 24.7. The molecule has 450 valence electrons. The molecule has 20 heteroatoms. The van der Waals surface area contributed by atoms with E-state index in [-0.39, 0.29) is 115 Å². The predicted octanol–water partition coefficient (Wildman–Crippen LogP) is 8.39. The minimum absolute atomic E-state index is 0. The van der Waals surface area contributed by atoms with Crippen LogP contribution in [-0.2, 0) is 45.5 Å². The third-order valence-corrected chi connectivity index (χ3v) is 13.7. The van der Waals surface area contributed by atoms with Crippen LogP contribution in [0.5, 0.6) is 0 Å². The zero-order chi connectivity index (χ0) is 61.1. The van der Waals surface area contributed by atoms with Crippen LogP contribution >= 0.6 is 0 Å². The van der Waals surface area contributed by atoms with Gasteiger partial charge in [-0.05, 0) is 127 Å². The van der Waals surface area contributed by atoms with Crippen molar-refractivity contribution in [1.29, 1.82) is 0 Å². The normalized spacial score (nSPS) is 11.2. The number of rotatable bonds is 10. The number of nitrogens with zero attached hydrogens (tertiary/aromatic N) is 9. The number of benzene rings is 3. The molecule has 9 aromatic rings. The van der Waals surface area contributed by atoms with Crippen LogP contribution in [-0.4, -0.2) is 84.8 Å². The molecule has 6 aromatic heterocycles. The fourth-order valence-corrected chi connectivity index (χ4v) is 9.60. The molecule has 0 radical (unpaired) electrons. The number of carbonyl (C=O) groups is 3. The Balaban J connectivity index is 0.000000323. The molecule has 0 bridgehead atoms. The Morgan fingerprint density at radius 1 is 0.506 bits per heavy atom. The van der Waals surface area contributed by atoms with E-state index in [1.165, 1.54) is 14.2 Å². The summed E-state index contributed by atoms with van der Waals surface area (Å²) in [6, 6.07) is 27.5. The van der Waals surface area contributed by atoms with Crippen molar-refractivity contribution in [1.82, 2.24) is 42.4 Å². The van der Waals surface area contributed by atoms with Gasteiger partial charge in [0.15, 0.2) is 22.7 Å². The van der Waals surface area contributed by atoms with E-state index in [1.54, 1.807) is 78.9 Å². The summed E-state index contributed by atoms with van der Waals surface area (Å²) in [4.78, 5) is 87.4. The summed E-state index contributed by atoms with van der Waals surface area (Å²) >= 11 is 0. The number of aromatic carboxylic acids is 1. The number of esters is 1. The van der Waals surface area contributed by atoms with Gasteiger partial charge in [-0.3, -0.25) is 32.2 Å². The Morgan fingerprint density at radius 2 is 0.788 bits per heavy atom. The maximum absolute atomic E-state index is 12.7. The molecule has 0 aliphatic heterocycles. The van der Waals surface area contributed by atoms with Crippen LogP contribution in [0.3, 0.4) is 0 Å². The number of carboxylic acids is 1. The zero-order valence-electron chi connectivity index (χ0n) is 52.3. The van der Waals surface area contributed by atoms with Crippen LogP contribution in [0, 0.1) is 37.0 Å². The van der Waals surface area contributed by atoms with Gasteiger partial charge < -0.3 is 21.1 Å². The Morgan fingerprint density at radius 3 is 1.07 bits per heavy atom. The van der Waals surface area contributed by atoms with E-state index >= 15 is 0 Å². The number of Topliss-reactive ketones (excluding diaryl/α,β-unsaturated/α-hetero) is 1. The van der Waals surface area contributed by atoms with Gasteiger partial charge >= 0.3 is 80.4 Å². The summed E-state index contributed by atoms with van der Waals surface area (Å²) in [5, 5.41) is 9.24. The number of hydrogen-bond acceptors (Lipinski definition) is 12. The second kappa shape index (κ2) is 29.0. The van der Waals surface area contributed by atoms with E-state index in [0.29, 0.717) is 65.5 Å². The van der Waals surface area contributed by atoms with E-state index in [0.717, 1.165) is 55.6 Å². The number of ketones is 1. The summed E-state index contributed by atoms with van der Waals surface area (Å²) < 4.78 is 14.8. The minimum atomic E-state index is -0.976. The predicted molar refractivity (Wildman–Crippen MR) is 336 cm³/mol. The smallest absolute Gasteiger partial charge is 0.870 e. The van der Waals surface area contributed by atoms with Crippen molar-refractivity contribution in [3.05, 3.63) is 156 Å². The number of aryl methyl sites for hydroxylation is 6. The summed E-state index contributed by atoms with van der Waals surface area (Å²) in [5.74, 6) is -1.25. The quantitative estimate of drug-likeness (QED) is 0.0742. The number of hydrogen-bond donors (Lipinski definition) is 2. The number of carboxylic acid groups (broad SMARTS) is 1. The van der Waals surface area contributed by atoms with Crippen molar-refractivity contribution in [2.45, 2.75) is 123 Å². The van der Waals surface area contributed by atoms with Crippen molar-refractivity contribution < 1.29 is 81.1 Å². The van der Waals surface area contributed by atoms with Gasteiger partial charge in [-0.15, -0.1) is 0 Å². The molecule has 0 unspecified atom stereocenters. The van der Waals surface area contributed by atoms with E-state index in [2.05, 4.69) is 73.0 Å². The largest absolute Gasteiger partial charge is 1.00 e. The van der Waals surface area contributed by atoms with Gasteiger partial charge in [0.25, 0.3) is 0 Å². The van der Waals surface area contributed by atoms with Crippen LogP contribution in [0.15, 0.2) is 105 Å². The number of methoxy groups -OCH3 is 1. The van der Waals surface area contributed by atoms with Crippen molar-refractivity contribution in [2.75, 3.05) is 14.2 Å². The molecule has 0 fully saturated rings. The summed E-state index contributed by atoms with van der Waals surface area (Å²) in [6.45, 7) is 28.5. The van der Waals surface area contributed by atoms with E-state index in [1.807, 2.05) is 88.4 Å². The fourth-order valence-electron chi connectivity index (χ4n) is 9.60. The van der Waals surface area contributed by atoms with Gasteiger partial charge in [-0.1, -0.05) is 101 Å². The van der Waals surface area contributed by atoms with Crippen LogP contribution < -0.4 is 74.2 Å². The average molecular weight is 1190 g/mol. The number of ether oxygens (including phenoxy) is 1. The van der Waals surface area contributed by atoms with E-state index in [4.69, 9.17) is 14.7 Å². The molecule has 0 aliphatic rings. The molecule has 19 nitrogen and oxygen atoms in total. The number of carbonyl (C=O) groups excluding carboxylic acids is 2. The number of nitrogens with two attached hydrogens (primary N) is 1. The SMILES string of the molecule is C.CCC(=O)c1ccc(C)c(-c2ccc3c(n2)n(C)c(=O)n3CC(C)(C)C)c1.CN.COC(=O)c1ccc(C)c(-c2ccc3c(n2)n(C)c(=O)n3CC(C)(C)C)c1.Cc1ccc(C(=O)O)cc1-c1ccc2c(n1)n(C)c(=O)n2CC(C)(C)C.[K+].[OH-]. The van der Waals surface area contributed by atoms with E-state index in [9.17, 15) is 33.9 Å². The third kappa shape index (κ3) is 16.5. The molecule has 85 heavy (non-hydrogen) atoms. The Hall–Kier alpha value is -6.91. The van der Waals surface area contributed by atoms with E-state index < -0.39 is 5.97 Å². The second-order valence-corrected chi connectivity index (χ2v) is 24.2. The number of imidazole rings is 3. The molecule has 3 aromatic carbocycles. The van der Waals surface area contributed by atoms with Crippen LogP contribution in [0.4, 0.5) is 0 Å². The average Bonchev–Trinajstić information content (AvgIpc) is 1.80. The molecule has 0 saturated carbocycles. The Labute approximate surface area is 540 Å². The molecule has 0 atom stereocenters. The number of pyridine rings is 3. The molecule has 0 spiro atoms. The summed E-state index contributed by atoms with van der Waals surface area (Å²) in [5.41, 5.74) is 17.5. The van der Waals surface area contributed by atoms with Gasteiger partial charge in [-0.25, -0.2) is 38.9 Å². The molecular weight excluding hydrogens is 1100 g/mol. The van der Waals surface area contributed by atoms with Gasteiger partial charge in [-0.2, -0.15) is 0 Å². The molecule has 4 N–H and O–H groups in total. The molecule has 6 heterocycles. The maximum atomic E-state index is 12.7. The maximum Gasteiger partial charge on any atom is 1.00 e. The van der Waals surface area contributed by atoms with Crippen LogP contribution in [0.2, 0.25) is 0 Å². The van der Waals surface area contributed by atoms with Crippen molar-refractivity contribution in [3.8, 4) is 33.8 Å². The molecular formula is C65H85KN10O9. The van der Waals surface area contributed by atoms with Crippen LogP contribution in [0.1, 0.15) is 131 Å². The number of aromatic nitrogens is 9. The first-order chi connectivity index (χ1) is 38.3. The van der Waals surface area contributed by atoms with Gasteiger partial charge in [0.1, 0.15) is 0 Å². The first-order valence-corrected chi connectivity index (χ1v) is 27.3. The zero-order valence-corrected chi connectivity index (χ0v) is 55.5. The van der Waals surface area contributed by atoms with Crippen molar-refractivity contribution >= 4 is 51.2 Å². The summed E-state index contributed by atoms with van der Waals surface area (Å²) in [7, 11) is 8.06. The Bertz CT molecular complexity index is 3910. The first kappa shape index (κ1) is 72.3. The third-order valence-electron chi connectivity index (χ3n) is 13.7. The minimum Gasteiger partial charge on any atom is -0.870 e. The topological polar surface area (TPSA) is 256 Å². The first-order valence-electron chi connectivity index (χ1n) is 27.3.